The van der Waals surface area contributed by atoms with Crippen molar-refractivity contribution in [2.24, 2.45) is 11.8 Å². The number of nitrogens with one attached hydrogen (secondary N) is 1. The van der Waals surface area contributed by atoms with Crippen molar-refractivity contribution in [1.82, 2.24) is 9.88 Å². The van der Waals surface area contributed by atoms with Gasteiger partial charge in [0.05, 0.1) is 5.52 Å². The standard InChI is InChI=1S/C24H29F3N2O3/c1-13(2)23(30)28-16-6-7-19-17(9-16)18-10-21-22(32-24(26,27)31-21)11-20(18)29(19)12-14-4-3-5-15(25)8-14/h10-11,13-16H,3-9,12H2,1-2H3,(H,28,30). The molecule has 0 radical (unpaired) electrons. The monoisotopic (exact) mass is 450 g/mol. The number of carbonyl (C=O) groups is 1. The van der Waals surface area contributed by atoms with Gasteiger partial charge < -0.3 is 19.4 Å². The van der Waals surface area contributed by atoms with E-state index in [9.17, 15) is 18.0 Å². The van der Waals surface area contributed by atoms with E-state index < -0.39 is 12.5 Å². The fourth-order valence-electron chi connectivity index (χ4n) is 5.44. The van der Waals surface area contributed by atoms with Crippen molar-refractivity contribution in [3.05, 3.63) is 23.4 Å². The molecule has 5 rings (SSSR count). The van der Waals surface area contributed by atoms with Gasteiger partial charge in [-0.2, -0.15) is 0 Å². The zero-order valence-electron chi connectivity index (χ0n) is 18.4. The summed E-state index contributed by atoms with van der Waals surface area (Å²) in [5, 5.41) is 3.96. The van der Waals surface area contributed by atoms with Crippen LogP contribution in [0.5, 0.6) is 11.5 Å². The summed E-state index contributed by atoms with van der Waals surface area (Å²) in [6.07, 6.45) is 0.732. The number of hydrogen-bond donors (Lipinski definition) is 1. The maximum Gasteiger partial charge on any atom is 0.586 e. The van der Waals surface area contributed by atoms with Gasteiger partial charge in [-0.15, -0.1) is 8.78 Å². The molecule has 3 aliphatic rings. The molecule has 8 heteroatoms. The van der Waals surface area contributed by atoms with Crippen LogP contribution in [0.25, 0.3) is 10.9 Å². The summed E-state index contributed by atoms with van der Waals surface area (Å²) in [5.74, 6) is 0.167. The van der Waals surface area contributed by atoms with Gasteiger partial charge in [-0.05, 0) is 56.1 Å². The Morgan fingerprint density at radius 2 is 1.97 bits per heavy atom. The molecule has 1 aliphatic heterocycles. The highest BCUT2D eigenvalue weighted by Crippen LogP contribution is 2.46. The summed E-state index contributed by atoms with van der Waals surface area (Å²) in [7, 11) is 0. The molecule has 5 nitrogen and oxygen atoms in total. The normalized spacial score (nSPS) is 26.4. The summed E-state index contributed by atoms with van der Waals surface area (Å²) in [6.45, 7) is 4.38. The molecule has 1 amide bonds. The Morgan fingerprint density at radius 3 is 2.69 bits per heavy atom. The number of halogens is 3. The van der Waals surface area contributed by atoms with E-state index in [-0.39, 0.29) is 35.3 Å². The first-order valence-electron chi connectivity index (χ1n) is 11.6. The zero-order valence-corrected chi connectivity index (χ0v) is 18.4. The summed E-state index contributed by atoms with van der Waals surface area (Å²) in [6, 6.07) is 3.25. The van der Waals surface area contributed by atoms with Crippen molar-refractivity contribution in [3.8, 4) is 11.5 Å². The fraction of sp³-hybridized carbons (Fsp3) is 0.625. The minimum Gasteiger partial charge on any atom is -0.395 e. The molecule has 1 aromatic heterocycles. The lowest BCUT2D eigenvalue weighted by atomic mass is 9.87. The second-order valence-corrected chi connectivity index (χ2v) is 9.75. The van der Waals surface area contributed by atoms with Crippen molar-refractivity contribution in [3.63, 3.8) is 0 Å². The largest absolute Gasteiger partial charge is 0.586 e. The number of benzene rings is 1. The number of ether oxygens (including phenoxy) is 2. The van der Waals surface area contributed by atoms with Crippen LogP contribution in [0.1, 0.15) is 57.2 Å². The van der Waals surface area contributed by atoms with Crippen LogP contribution in [0.15, 0.2) is 12.1 Å². The lowest BCUT2D eigenvalue weighted by Gasteiger charge is -2.28. The second-order valence-electron chi connectivity index (χ2n) is 9.75. The van der Waals surface area contributed by atoms with Crippen LogP contribution in [0.2, 0.25) is 0 Å². The van der Waals surface area contributed by atoms with Gasteiger partial charge >= 0.3 is 6.29 Å². The molecular weight excluding hydrogens is 421 g/mol. The predicted molar refractivity (Wildman–Crippen MR) is 114 cm³/mol. The van der Waals surface area contributed by atoms with Gasteiger partial charge in [0.15, 0.2) is 11.5 Å². The number of rotatable bonds is 4. The van der Waals surface area contributed by atoms with Crippen LogP contribution in [-0.2, 0) is 24.2 Å². The molecule has 32 heavy (non-hydrogen) atoms. The van der Waals surface area contributed by atoms with Crippen molar-refractivity contribution in [1.29, 1.82) is 0 Å². The molecule has 174 valence electrons. The third-order valence-electron chi connectivity index (χ3n) is 7.02. The van der Waals surface area contributed by atoms with Crippen molar-refractivity contribution < 1.29 is 27.4 Å². The smallest absolute Gasteiger partial charge is 0.395 e. The molecule has 1 saturated carbocycles. The number of amides is 1. The molecule has 2 aliphatic carbocycles. The molecule has 3 unspecified atom stereocenters. The Kier molecular flexibility index (Phi) is 5.29. The summed E-state index contributed by atoms with van der Waals surface area (Å²) >= 11 is 0. The SMILES string of the molecule is CC(C)C(=O)NC1CCc2c(c3cc4c(cc3n2CC2CCCC(F)C2)OC(F)(F)O4)C1. The Morgan fingerprint density at radius 1 is 1.22 bits per heavy atom. The fourth-order valence-corrected chi connectivity index (χ4v) is 5.44. The van der Waals surface area contributed by atoms with E-state index in [1.807, 2.05) is 13.8 Å². The van der Waals surface area contributed by atoms with E-state index in [0.29, 0.717) is 25.8 Å². The van der Waals surface area contributed by atoms with Gasteiger partial charge in [0.2, 0.25) is 5.91 Å². The first-order valence-corrected chi connectivity index (χ1v) is 11.6. The summed E-state index contributed by atoms with van der Waals surface area (Å²) in [4.78, 5) is 12.2. The molecule has 0 bridgehead atoms. The van der Waals surface area contributed by atoms with E-state index >= 15 is 0 Å². The van der Waals surface area contributed by atoms with Gasteiger partial charge in [-0.25, -0.2) is 4.39 Å². The van der Waals surface area contributed by atoms with Crippen molar-refractivity contribution in [2.75, 3.05) is 0 Å². The summed E-state index contributed by atoms with van der Waals surface area (Å²) < 4.78 is 53.0. The highest BCUT2D eigenvalue weighted by molar-refractivity contribution is 5.89. The third kappa shape index (κ3) is 3.92. The second kappa shape index (κ2) is 7.89. The number of aromatic nitrogens is 1. The zero-order chi connectivity index (χ0) is 22.6. The van der Waals surface area contributed by atoms with Gasteiger partial charge in [0.25, 0.3) is 0 Å². The van der Waals surface area contributed by atoms with Crippen LogP contribution in [0.3, 0.4) is 0 Å². The molecule has 0 saturated heterocycles. The number of alkyl halides is 3. The van der Waals surface area contributed by atoms with Gasteiger partial charge in [-0.1, -0.05) is 20.3 Å². The highest BCUT2D eigenvalue weighted by atomic mass is 19.3. The van der Waals surface area contributed by atoms with Crippen LogP contribution < -0.4 is 14.8 Å². The average molecular weight is 451 g/mol. The first-order chi connectivity index (χ1) is 15.2. The van der Waals surface area contributed by atoms with Crippen LogP contribution in [0, 0.1) is 11.8 Å². The van der Waals surface area contributed by atoms with Crippen molar-refractivity contribution >= 4 is 16.8 Å². The lowest BCUT2D eigenvalue weighted by Crippen LogP contribution is -2.41. The van der Waals surface area contributed by atoms with E-state index in [1.54, 1.807) is 12.1 Å². The topological polar surface area (TPSA) is 52.5 Å². The Bertz CT molecular complexity index is 1050. The molecule has 0 spiro atoms. The number of carbonyl (C=O) groups excluding carboxylic acids is 1. The Hall–Kier alpha value is -2.38. The summed E-state index contributed by atoms with van der Waals surface area (Å²) in [5.41, 5.74) is 3.01. The van der Waals surface area contributed by atoms with E-state index in [2.05, 4.69) is 9.88 Å². The van der Waals surface area contributed by atoms with Crippen LogP contribution in [-0.4, -0.2) is 29.0 Å². The van der Waals surface area contributed by atoms with E-state index in [0.717, 1.165) is 47.8 Å². The molecular formula is C24H29F3N2O3. The number of hydrogen-bond acceptors (Lipinski definition) is 3. The molecule has 3 atom stereocenters. The predicted octanol–water partition coefficient (Wildman–Crippen LogP) is 5.12. The maximum atomic E-state index is 14.0. The average Bonchev–Trinajstić information content (AvgIpc) is 3.18. The molecule has 2 heterocycles. The number of nitrogens with zero attached hydrogens (tertiary/aromatic N) is 1. The molecule has 1 N–H and O–H groups in total. The van der Waals surface area contributed by atoms with Crippen LogP contribution in [0.4, 0.5) is 13.2 Å². The molecule has 1 aromatic carbocycles. The van der Waals surface area contributed by atoms with Gasteiger partial charge in [-0.3, -0.25) is 4.79 Å². The Labute approximate surface area is 185 Å². The molecule has 1 fully saturated rings. The van der Waals surface area contributed by atoms with Crippen molar-refractivity contribution in [2.45, 2.75) is 83.8 Å². The quantitative estimate of drug-likeness (QED) is 0.704. The minimum atomic E-state index is -3.68. The molecule has 2 aromatic rings. The highest BCUT2D eigenvalue weighted by Gasteiger charge is 2.44. The number of fused-ring (bicyclic) bond motifs is 4. The van der Waals surface area contributed by atoms with Gasteiger partial charge in [0.1, 0.15) is 6.17 Å². The lowest BCUT2D eigenvalue weighted by molar-refractivity contribution is -0.286. The van der Waals surface area contributed by atoms with Crippen LogP contribution >= 0.6 is 0 Å². The van der Waals surface area contributed by atoms with Gasteiger partial charge in [0, 0.05) is 35.7 Å². The minimum absolute atomic E-state index is 0.00628. The first kappa shape index (κ1) is 21.5. The van der Waals surface area contributed by atoms with E-state index in [1.165, 1.54) is 0 Å². The maximum absolute atomic E-state index is 14.0. The third-order valence-corrected chi connectivity index (χ3v) is 7.02. The Balaban J connectivity index is 1.53. The van der Waals surface area contributed by atoms with E-state index in [4.69, 9.17) is 9.47 Å².